The minimum atomic E-state index is -0.638. The summed E-state index contributed by atoms with van der Waals surface area (Å²) in [4.78, 5) is 42.0. The second kappa shape index (κ2) is 7.22. The molecular weight excluding hydrogens is 372 g/mol. The SMILES string of the molecule is O=C(c1cnccn1)N1CCC2(CC1)OC(C(=O)N1CCCC1)Cn1ccnc12. The largest absolute Gasteiger partial charge is 0.352 e. The summed E-state index contributed by atoms with van der Waals surface area (Å²) >= 11 is 0. The highest BCUT2D eigenvalue weighted by atomic mass is 16.5. The van der Waals surface area contributed by atoms with Crippen molar-refractivity contribution in [1.82, 2.24) is 29.3 Å². The number of piperidine rings is 1. The Labute approximate surface area is 168 Å². The average Bonchev–Trinajstić information content (AvgIpc) is 3.46. The first-order valence-electron chi connectivity index (χ1n) is 10.2. The number of aromatic nitrogens is 4. The fourth-order valence-electron chi connectivity index (χ4n) is 4.65. The Morgan fingerprint density at radius 1 is 1.00 bits per heavy atom. The van der Waals surface area contributed by atoms with Gasteiger partial charge >= 0.3 is 0 Å². The van der Waals surface area contributed by atoms with Gasteiger partial charge < -0.3 is 19.1 Å². The van der Waals surface area contributed by atoms with Gasteiger partial charge in [0.15, 0.2) is 6.10 Å². The van der Waals surface area contributed by atoms with E-state index in [4.69, 9.17) is 4.74 Å². The molecule has 3 aliphatic rings. The predicted molar refractivity (Wildman–Crippen MR) is 102 cm³/mol. The molecule has 3 aliphatic heterocycles. The van der Waals surface area contributed by atoms with E-state index < -0.39 is 11.7 Å². The molecule has 0 saturated carbocycles. The zero-order valence-corrected chi connectivity index (χ0v) is 16.2. The van der Waals surface area contributed by atoms with Crippen molar-refractivity contribution in [3.05, 3.63) is 42.5 Å². The molecule has 152 valence electrons. The van der Waals surface area contributed by atoms with Crippen molar-refractivity contribution in [3.8, 4) is 0 Å². The monoisotopic (exact) mass is 396 g/mol. The zero-order chi connectivity index (χ0) is 19.8. The molecule has 1 unspecified atom stereocenters. The molecule has 2 fully saturated rings. The number of nitrogens with zero attached hydrogens (tertiary/aromatic N) is 6. The second-order valence-electron chi connectivity index (χ2n) is 7.92. The third-order valence-electron chi connectivity index (χ3n) is 6.19. The van der Waals surface area contributed by atoms with Gasteiger partial charge in [-0.3, -0.25) is 14.6 Å². The maximum absolute atomic E-state index is 13.0. The molecule has 2 amide bonds. The minimum Gasteiger partial charge on any atom is -0.352 e. The lowest BCUT2D eigenvalue weighted by Crippen LogP contribution is -2.55. The molecule has 9 nitrogen and oxygen atoms in total. The molecule has 2 aromatic rings. The Kier molecular flexibility index (Phi) is 4.54. The van der Waals surface area contributed by atoms with Crippen LogP contribution >= 0.6 is 0 Å². The number of hydrogen-bond acceptors (Lipinski definition) is 6. The van der Waals surface area contributed by atoms with E-state index >= 15 is 0 Å². The van der Waals surface area contributed by atoms with Crippen LogP contribution in [-0.4, -0.2) is 73.4 Å². The van der Waals surface area contributed by atoms with Crippen LogP contribution in [0.1, 0.15) is 42.0 Å². The molecule has 2 aromatic heterocycles. The van der Waals surface area contributed by atoms with Gasteiger partial charge in [0.1, 0.15) is 17.1 Å². The number of hydrogen-bond donors (Lipinski definition) is 0. The van der Waals surface area contributed by atoms with Crippen LogP contribution < -0.4 is 0 Å². The first-order chi connectivity index (χ1) is 14.2. The standard InChI is InChI=1S/C20H24N6O3/c27-17(15-13-21-5-6-22-15)25-10-3-20(4-11-25)19-23-7-12-26(19)14-16(29-20)18(28)24-8-1-2-9-24/h5-7,12-13,16H,1-4,8-11,14H2. The highest BCUT2D eigenvalue weighted by Crippen LogP contribution is 2.40. The van der Waals surface area contributed by atoms with Crippen LogP contribution in [0.5, 0.6) is 0 Å². The van der Waals surface area contributed by atoms with Crippen molar-refractivity contribution >= 4 is 11.8 Å². The van der Waals surface area contributed by atoms with E-state index in [-0.39, 0.29) is 11.8 Å². The smallest absolute Gasteiger partial charge is 0.274 e. The number of likely N-dealkylation sites (tertiary alicyclic amines) is 2. The summed E-state index contributed by atoms with van der Waals surface area (Å²) in [5, 5.41) is 0. The Balaban J connectivity index is 1.34. The molecule has 0 aliphatic carbocycles. The van der Waals surface area contributed by atoms with Crippen LogP contribution in [0.4, 0.5) is 0 Å². The lowest BCUT2D eigenvalue weighted by molar-refractivity contribution is -0.179. The third-order valence-corrected chi connectivity index (χ3v) is 6.19. The molecule has 1 spiro atoms. The zero-order valence-electron chi connectivity index (χ0n) is 16.2. The summed E-state index contributed by atoms with van der Waals surface area (Å²) in [5.41, 5.74) is -0.294. The van der Waals surface area contributed by atoms with Crippen molar-refractivity contribution in [2.24, 2.45) is 0 Å². The van der Waals surface area contributed by atoms with Gasteiger partial charge in [-0.1, -0.05) is 0 Å². The molecule has 0 N–H and O–H groups in total. The molecule has 5 rings (SSSR count). The first kappa shape index (κ1) is 18.2. The molecule has 0 bridgehead atoms. The van der Waals surface area contributed by atoms with Crippen LogP contribution in [0.25, 0.3) is 0 Å². The highest BCUT2D eigenvalue weighted by Gasteiger charge is 2.48. The third kappa shape index (κ3) is 3.19. The van der Waals surface area contributed by atoms with E-state index in [2.05, 4.69) is 15.0 Å². The number of imidazole rings is 1. The van der Waals surface area contributed by atoms with Gasteiger partial charge in [-0.05, 0) is 12.8 Å². The quantitative estimate of drug-likeness (QED) is 0.746. The van der Waals surface area contributed by atoms with E-state index in [0.717, 1.165) is 31.8 Å². The number of rotatable bonds is 2. The van der Waals surface area contributed by atoms with Gasteiger partial charge in [0.25, 0.3) is 11.8 Å². The summed E-state index contributed by atoms with van der Waals surface area (Å²) in [5.74, 6) is 0.797. The summed E-state index contributed by atoms with van der Waals surface area (Å²) in [6.07, 6.45) is 11.0. The van der Waals surface area contributed by atoms with E-state index in [1.807, 2.05) is 15.7 Å². The Morgan fingerprint density at radius 3 is 2.52 bits per heavy atom. The fourth-order valence-corrected chi connectivity index (χ4v) is 4.65. The number of fused-ring (bicyclic) bond motifs is 2. The first-order valence-corrected chi connectivity index (χ1v) is 10.2. The van der Waals surface area contributed by atoms with Crippen molar-refractivity contribution in [3.63, 3.8) is 0 Å². The Morgan fingerprint density at radius 2 is 1.79 bits per heavy atom. The van der Waals surface area contributed by atoms with Crippen LogP contribution in [-0.2, 0) is 21.7 Å². The lowest BCUT2D eigenvalue weighted by atomic mass is 9.88. The Hall–Kier alpha value is -2.81. The van der Waals surface area contributed by atoms with Crippen LogP contribution in [0.3, 0.4) is 0 Å². The van der Waals surface area contributed by atoms with Crippen molar-refractivity contribution in [1.29, 1.82) is 0 Å². The molecule has 9 heteroatoms. The van der Waals surface area contributed by atoms with E-state index in [1.165, 1.54) is 12.4 Å². The molecule has 2 saturated heterocycles. The maximum Gasteiger partial charge on any atom is 0.274 e. The molecule has 5 heterocycles. The number of carbonyl (C=O) groups excluding carboxylic acids is 2. The predicted octanol–water partition coefficient (Wildman–Crippen LogP) is 0.826. The Bertz CT molecular complexity index is 900. The van der Waals surface area contributed by atoms with Crippen molar-refractivity contribution < 1.29 is 14.3 Å². The van der Waals surface area contributed by atoms with E-state index in [1.54, 1.807) is 17.3 Å². The van der Waals surface area contributed by atoms with Crippen LogP contribution in [0.2, 0.25) is 0 Å². The molecule has 29 heavy (non-hydrogen) atoms. The van der Waals surface area contributed by atoms with Gasteiger partial charge in [-0.2, -0.15) is 0 Å². The van der Waals surface area contributed by atoms with Gasteiger partial charge in [-0.15, -0.1) is 0 Å². The van der Waals surface area contributed by atoms with Gasteiger partial charge in [-0.25, -0.2) is 9.97 Å². The molecule has 0 aromatic carbocycles. The van der Waals surface area contributed by atoms with Gasteiger partial charge in [0, 0.05) is 63.8 Å². The average molecular weight is 396 g/mol. The maximum atomic E-state index is 13.0. The fraction of sp³-hybridized carbons (Fsp3) is 0.550. The normalized spacial score (nSPS) is 23.2. The molecule has 1 atom stereocenters. The summed E-state index contributed by atoms with van der Waals surface area (Å²) in [6.45, 7) is 3.15. The van der Waals surface area contributed by atoms with Crippen LogP contribution in [0, 0.1) is 0 Å². The highest BCUT2D eigenvalue weighted by molar-refractivity contribution is 5.92. The lowest BCUT2D eigenvalue weighted by Gasteiger charge is -2.45. The molecular formula is C20H24N6O3. The minimum absolute atomic E-state index is 0.0688. The summed E-state index contributed by atoms with van der Waals surface area (Å²) in [7, 11) is 0. The van der Waals surface area contributed by atoms with Gasteiger partial charge in [0.05, 0.1) is 12.7 Å². The van der Waals surface area contributed by atoms with Crippen LogP contribution in [0.15, 0.2) is 31.0 Å². The summed E-state index contributed by atoms with van der Waals surface area (Å²) in [6, 6.07) is 0. The second-order valence-corrected chi connectivity index (χ2v) is 7.92. The molecule has 0 radical (unpaired) electrons. The van der Waals surface area contributed by atoms with E-state index in [9.17, 15) is 9.59 Å². The topological polar surface area (TPSA) is 93.5 Å². The number of amides is 2. The van der Waals surface area contributed by atoms with E-state index in [0.29, 0.717) is 38.2 Å². The summed E-state index contributed by atoms with van der Waals surface area (Å²) < 4.78 is 8.51. The number of ether oxygens (including phenoxy) is 1. The van der Waals surface area contributed by atoms with Gasteiger partial charge in [0.2, 0.25) is 0 Å². The van der Waals surface area contributed by atoms with Crippen molar-refractivity contribution in [2.75, 3.05) is 26.2 Å². The number of carbonyl (C=O) groups is 2. The van der Waals surface area contributed by atoms with Crippen molar-refractivity contribution in [2.45, 2.75) is 43.9 Å².